The van der Waals surface area contributed by atoms with Crippen molar-refractivity contribution >= 4 is 5.71 Å². The summed E-state index contributed by atoms with van der Waals surface area (Å²) in [6.07, 6.45) is 0.824. The molecule has 5 heteroatoms. The number of rotatable bonds is 7. The molecule has 1 N–H and O–H groups in total. The molecule has 25 heavy (non-hydrogen) atoms. The molecule has 2 aromatic rings. The Morgan fingerprint density at radius 1 is 1.00 bits per heavy atom. The summed E-state index contributed by atoms with van der Waals surface area (Å²) in [4.78, 5) is 0. The highest BCUT2D eigenvalue weighted by Crippen LogP contribution is 2.32. The van der Waals surface area contributed by atoms with Crippen molar-refractivity contribution in [2.45, 2.75) is 6.42 Å². The van der Waals surface area contributed by atoms with Gasteiger partial charge in [0, 0.05) is 17.5 Å². The number of hydrogen-bond acceptors (Lipinski definition) is 4. The van der Waals surface area contributed by atoms with Crippen LogP contribution in [0.2, 0.25) is 0 Å². The number of quaternary nitrogens is 1. The Morgan fingerprint density at radius 3 is 2.12 bits per heavy atom. The summed E-state index contributed by atoms with van der Waals surface area (Å²) in [6, 6.07) is 13.5. The third-order valence-corrected chi connectivity index (χ3v) is 4.06. The summed E-state index contributed by atoms with van der Waals surface area (Å²) in [7, 11) is 9.68. The highest BCUT2D eigenvalue weighted by Gasteiger charge is 2.19. The molecule has 0 spiro atoms. The molecule has 0 unspecified atom stereocenters. The first-order valence-corrected chi connectivity index (χ1v) is 8.23. The Labute approximate surface area is 149 Å². The van der Waals surface area contributed by atoms with Gasteiger partial charge in [0.1, 0.15) is 5.71 Å². The molecule has 0 radical (unpaired) electrons. The van der Waals surface area contributed by atoms with E-state index in [4.69, 9.17) is 9.47 Å². The lowest BCUT2D eigenvalue weighted by molar-refractivity contribution is -0.870. The lowest BCUT2D eigenvalue weighted by Gasteiger charge is -2.25. The Kier molecular flexibility index (Phi) is 6.04. The highest BCUT2D eigenvalue weighted by molar-refractivity contribution is 6.13. The first kappa shape index (κ1) is 18.8. The normalized spacial score (nSPS) is 12.1. The SMILES string of the molecule is COc1cc(CC[N+](C)(C)C)c(/C(=N\O)c2ccccc2)cc1OC. The predicted molar refractivity (Wildman–Crippen MR) is 100 cm³/mol. The molecule has 0 amide bonds. The first-order chi connectivity index (χ1) is 11.9. The van der Waals surface area contributed by atoms with E-state index in [1.165, 1.54) is 0 Å². The second kappa shape index (κ2) is 8.03. The molecular formula is C20H27N2O3+. The van der Waals surface area contributed by atoms with E-state index >= 15 is 0 Å². The topological polar surface area (TPSA) is 51.0 Å². The van der Waals surface area contributed by atoms with Crippen LogP contribution in [0, 0.1) is 0 Å². The minimum absolute atomic E-state index is 0.526. The number of likely N-dealkylation sites (N-methyl/N-ethyl adjacent to an activating group) is 1. The third-order valence-electron chi connectivity index (χ3n) is 4.06. The van der Waals surface area contributed by atoms with Crippen LogP contribution in [0.25, 0.3) is 0 Å². The van der Waals surface area contributed by atoms with Crippen LogP contribution in [0.5, 0.6) is 11.5 Å². The quantitative estimate of drug-likeness (QED) is 0.364. The van der Waals surface area contributed by atoms with E-state index in [0.29, 0.717) is 17.2 Å². The van der Waals surface area contributed by atoms with E-state index in [1.54, 1.807) is 14.2 Å². The van der Waals surface area contributed by atoms with Gasteiger partial charge in [0.05, 0.1) is 41.9 Å². The van der Waals surface area contributed by atoms with Gasteiger partial charge >= 0.3 is 0 Å². The van der Waals surface area contributed by atoms with E-state index in [2.05, 4.69) is 26.3 Å². The molecule has 0 aliphatic rings. The highest BCUT2D eigenvalue weighted by atomic mass is 16.5. The van der Waals surface area contributed by atoms with Gasteiger partial charge < -0.3 is 19.2 Å². The Balaban J connectivity index is 2.56. The van der Waals surface area contributed by atoms with E-state index in [9.17, 15) is 5.21 Å². The van der Waals surface area contributed by atoms with Crippen molar-refractivity contribution in [2.24, 2.45) is 5.16 Å². The lowest BCUT2D eigenvalue weighted by Crippen LogP contribution is -2.36. The molecule has 0 fully saturated rings. The Bertz CT molecular complexity index is 735. The zero-order valence-electron chi connectivity index (χ0n) is 15.6. The summed E-state index contributed by atoms with van der Waals surface area (Å²) in [5.41, 5.74) is 3.28. The van der Waals surface area contributed by atoms with Crippen LogP contribution in [0.4, 0.5) is 0 Å². The van der Waals surface area contributed by atoms with E-state index < -0.39 is 0 Å². The maximum atomic E-state index is 9.69. The molecule has 0 bridgehead atoms. The van der Waals surface area contributed by atoms with E-state index in [1.807, 2.05) is 42.5 Å². The summed E-state index contributed by atoms with van der Waals surface area (Å²) in [5, 5.41) is 13.3. The molecule has 0 aliphatic carbocycles. The number of methoxy groups -OCH3 is 2. The minimum Gasteiger partial charge on any atom is -0.493 e. The Hall–Kier alpha value is -2.53. The van der Waals surface area contributed by atoms with Gasteiger partial charge in [0.2, 0.25) is 0 Å². The van der Waals surface area contributed by atoms with Gasteiger partial charge in [-0.1, -0.05) is 35.5 Å². The third kappa shape index (κ3) is 4.73. The van der Waals surface area contributed by atoms with Crippen LogP contribution >= 0.6 is 0 Å². The average molecular weight is 343 g/mol. The predicted octanol–water partition coefficient (Wildman–Crippen LogP) is 3.18. The van der Waals surface area contributed by atoms with Crippen LogP contribution in [-0.2, 0) is 6.42 Å². The average Bonchev–Trinajstić information content (AvgIpc) is 2.60. The van der Waals surface area contributed by atoms with Crippen molar-refractivity contribution < 1.29 is 19.2 Å². The molecular weight excluding hydrogens is 316 g/mol. The fraction of sp³-hybridized carbons (Fsp3) is 0.350. The van der Waals surface area contributed by atoms with Crippen LogP contribution < -0.4 is 9.47 Å². The molecule has 0 atom stereocenters. The van der Waals surface area contributed by atoms with Crippen molar-refractivity contribution in [2.75, 3.05) is 41.9 Å². The fourth-order valence-corrected chi connectivity index (χ4v) is 2.67. The molecule has 0 aromatic heterocycles. The molecule has 2 rings (SSSR count). The van der Waals surface area contributed by atoms with Crippen molar-refractivity contribution in [3.8, 4) is 11.5 Å². The van der Waals surface area contributed by atoms with Crippen molar-refractivity contribution in [1.29, 1.82) is 0 Å². The monoisotopic (exact) mass is 343 g/mol. The number of nitrogens with zero attached hydrogens (tertiary/aromatic N) is 2. The number of oxime groups is 1. The van der Waals surface area contributed by atoms with Crippen LogP contribution in [0.1, 0.15) is 16.7 Å². The van der Waals surface area contributed by atoms with Crippen LogP contribution in [-0.4, -0.2) is 57.3 Å². The van der Waals surface area contributed by atoms with Gasteiger partial charge in [0.15, 0.2) is 11.5 Å². The fourth-order valence-electron chi connectivity index (χ4n) is 2.67. The lowest BCUT2D eigenvalue weighted by atomic mass is 9.95. The van der Waals surface area contributed by atoms with Crippen molar-refractivity contribution in [3.63, 3.8) is 0 Å². The molecule has 0 aliphatic heterocycles. The van der Waals surface area contributed by atoms with Crippen LogP contribution in [0.15, 0.2) is 47.6 Å². The van der Waals surface area contributed by atoms with Gasteiger partial charge in [-0.2, -0.15) is 0 Å². The maximum Gasteiger partial charge on any atom is 0.161 e. The number of ether oxygens (including phenoxy) is 2. The van der Waals surface area contributed by atoms with Gasteiger partial charge in [-0.15, -0.1) is 0 Å². The molecule has 2 aromatic carbocycles. The second-order valence-corrected chi connectivity index (χ2v) is 6.94. The number of hydrogen-bond donors (Lipinski definition) is 1. The summed E-state index contributed by atoms with van der Waals surface area (Å²) in [6.45, 7) is 0.940. The Morgan fingerprint density at radius 2 is 1.60 bits per heavy atom. The first-order valence-electron chi connectivity index (χ1n) is 8.23. The summed E-state index contributed by atoms with van der Waals surface area (Å²) in [5.74, 6) is 1.29. The van der Waals surface area contributed by atoms with Gasteiger partial charge in [-0.05, 0) is 17.7 Å². The van der Waals surface area contributed by atoms with E-state index in [0.717, 1.165) is 34.1 Å². The van der Waals surface area contributed by atoms with E-state index in [-0.39, 0.29) is 0 Å². The van der Waals surface area contributed by atoms with Crippen LogP contribution in [0.3, 0.4) is 0 Å². The largest absolute Gasteiger partial charge is 0.493 e. The molecule has 0 saturated carbocycles. The molecule has 0 heterocycles. The summed E-state index contributed by atoms with van der Waals surface area (Å²) >= 11 is 0. The molecule has 134 valence electrons. The van der Waals surface area contributed by atoms with Crippen molar-refractivity contribution in [3.05, 3.63) is 59.2 Å². The van der Waals surface area contributed by atoms with Gasteiger partial charge in [-0.25, -0.2) is 0 Å². The second-order valence-electron chi connectivity index (χ2n) is 6.94. The minimum atomic E-state index is 0.526. The van der Waals surface area contributed by atoms with Crippen molar-refractivity contribution in [1.82, 2.24) is 0 Å². The molecule has 0 saturated heterocycles. The smallest absolute Gasteiger partial charge is 0.161 e. The van der Waals surface area contributed by atoms with Gasteiger partial charge in [-0.3, -0.25) is 0 Å². The maximum absolute atomic E-state index is 9.69. The molecule has 5 nitrogen and oxygen atoms in total. The zero-order valence-corrected chi connectivity index (χ0v) is 15.6. The zero-order chi connectivity index (χ0) is 18.4. The number of benzene rings is 2. The summed E-state index contributed by atoms with van der Waals surface area (Å²) < 4.78 is 11.7. The van der Waals surface area contributed by atoms with Gasteiger partial charge in [0.25, 0.3) is 0 Å². The standard InChI is InChI=1S/C20H26N2O3/c1-22(2,3)12-11-16-13-18(24-4)19(25-5)14-17(16)20(21-23)15-9-7-6-8-10-15/h6-10,13-14H,11-12H2,1-5H3/p+1/b21-20-.